The first-order valence-electron chi connectivity index (χ1n) is 8.96. The Bertz CT molecular complexity index is 917. The van der Waals surface area contributed by atoms with Gasteiger partial charge in [0.15, 0.2) is 0 Å². The number of hydrogen-bond donors (Lipinski definition) is 1. The zero-order valence-corrected chi connectivity index (χ0v) is 15.1. The summed E-state index contributed by atoms with van der Waals surface area (Å²) >= 11 is 0. The van der Waals surface area contributed by atoms with Crippen LogP contribution in [0.4, 0.5) is 5.82 Å². The monoisotopic (exact) mass is 349 g/mol. The molecule has 0 saturated carbocycles. The van der Waals surface area contributed by atoms with Crippen molar-refractivity contribution in [3.05, 3.63) is 54.0 Å². The Morgan fingerprint density at radius 1 is 1.27 bits per heavy atom. The third-order valence-electron chi connectivity index (χ3n) is 5.21. The number of nitrogens with one attached hydrogen (secondary N) is 1. The lowest BCUT2D eigenvalue weighted by atomic mass is 10.1. The van der Waals surface area contributed by atoms with Crippen LogP contribution in [-0.2, 0) is 11.2 Å². The van der Waals surface area contributed by atoms with Crippen LogP contribution in [0.5, 0.6) is 0 Å². The molecule has 2 aromatic heterocycles. The fourth-order valence-corrected chi connectivity index (χ4v) is 3.57. The molecule has 1 aromatic carbocycles. The van der Waals surface area contributed by atoms with Gasteiger partial charge in [-0.3, -0.25) is 4.79 Å². The van der Waals surface area contributed by atoms with Crippen molar-refractivity contribution in [3.8, 4) is 0 Å². The molecule has 3 aromatic rings. The standard InChI is InChI=1S/C20H23N5O/c1-14-3-5-15(6-4-14)11-18(26)24(2)16-8-10-25(12-16)20-17-7-9-21-19(17)22-13-23-20/h3-7,9,13,16H,8,10-12H2,1-2H3,(H,21,22,23). The topological polar surface area (TPSA) is 65.1 Å². The zero-order valence-electron chi connectivity index (χ0n) is 15.1. The van der Waals surface area contributed by atoms with Gasteiger partial charge < -0.3 is 14.8 Å². The molecule has 1 aliphatic rings. The molecule has 4 rings (SSSR count). The van der Waals surface area contributed by atoms with E-state index in [-0.39, 0.29) is 11.9 Å². The minimum Gasteiger partial charge on any atom is -0.354 e. The smallest absolute Gasteiger partial charge is 0.227 e. The highest BCUT2D eigenvalue weighted by atomic mass is 16.2. The number of aryl methyl sites for hydroxylation is 1. The van der Waals surface area contributed by atoms with Crippen molar-refractivity contribution >= 4 is 22.8 Å². The average molecular weight is 349 g/mol. The molecule has 3 heterocycles. The van der Waals surface area contributed by atoms with E-state index >= 15 is 0 Å². The molecule has 0 aliphatic carbocycles. The molecule has 1 aliphatic heterocycles. The number of hydrogen-bond acceptors (Lipinski definition) is 4. The molecular weight excluding hydrogens is 326 g/mol. The van der Waals surface area contributed by atoms with Gasteiger partial charge in [-0.25, -0.2) is 9.97 Å². The van der Waals surface area contributed by atoms with E-state index in [1.54, 1.807) is 6.33 Å². The Hall–Kier alpha value is -2.89. The highest BCUT2D eigenvalue weighted by molar-refractivity contribution is 5.87. The molecule has 0 radical (unpaired) electrons. The van der Waals surface area contributed by atoms with Gasteiger partial charge in [-0.2, -0.15) is 0 Å². The number of nitrogens with zero attached hydrogens (tertiary/aromatic N) is 4. The lowest BCUT2D eigenvalue weighted by molar-refractivity contribution is -0.130. The Labute approximate surface area is 152 Å². The number of fused-ring (bicyclic) bond motifs is 1. The second-order valence-corrected chi connectivity index (χ2v) is 6.99. The first-order valence-corrected chi connectivity index (χ1v) is 8.96. The summed E-state index contributed by atoms with van der Waals surface area (Å²) in [5.41, 5.74) is 3.12. The van der Waals surface area contributed by atoms with Gasteiger partial charge in [-0.15, -0.1) is 0 Å². The zero-order chi connectivity index (χ0) is 18.1. The van der Waals surface area contributed by atoms with E-state index in [0.29, 0.717) is 6.42 Å². The van der Waals surface area contributed by atoms with Gasteiger partial charge in [0.05, 0.1) is 17.8 Å². The van der Waals surface area contributed by atoms with E-state index < -0.39 is 0 Å². The predicted octanol–water partition coefficient (Wildman–Crippen LogP) is 2.55. The van der Waals surface area contributed by atoms with Gasteiger partial charge in [0.2, 0.25) is 5.91 Å². The first kappa shape index (κ1) is 16.6. The normalized spacial score (nSPS) is 17.0. The molecule has 6 nitrogen and oxygen atoms in total. The van der Waals surface area contributed by atoms with Crippen LogP contribution in [0.1, 0.15) is 17.5 Å². The summed E-state index contributed by atoms with van der Waals surface area (Å²) in [5, 5.41) is 1.03. The quantitative estimate of drug-likeness (QED) is 0.786. The molecule has 1 N–H and O–H groups in total. The van der Waals surface area contributed by atoms with Crippen molar-refractivity contribution in [2.45, 2.75) is 25.8 Å². The molecule has 1 fully saturated rings. The molecule has 0 spiro atoms. The fourth-order valence-electron chi connectivity index (χ4n) is 3.57. The highest BCUT2D eigenvalue weighted by Gasteiger charge is 2.30. The lowest BCUT2D eigenvalue weighted by Gasteiger charge is -2.25. The third kappa shape index (κ3) is 3.14. The molecule has 1 saturated heterocycles. The van der Waals surface area contributed by atoms with E-state index in [2.05, 4.69) is 38.9 Å². The van der Waals surface area contributed by atoms with Gasteiger partial charge in [0.25, 0.3) is 0 Å². The van der Waals surface area contributed by atoms with Gasteiger partial charge in [-0.1, -0.05) is 29.8 Å². The van der Waals surface area contributed by atoms with E-state index in [1.807, 2.05) is 36.3 Å². The maximum atomic E-state index is 12.7. The second kappa shape index (κ2) is 6.78. The number of aromatic amines is 1. The van der Waals surface area contributed by atoms with Gasteiger partial charge >= 0.3 is 0 Å². The average Bonchev–Trinajstić information content (AvgIpc) is 3.32. The number of rotatable bonds is 4. The Kier molecular flexibility index (Phi) is 4.32. The highest BCUT2D eigenvalue weighted by Crippen LogP contribution is 2.27. The Morgan fingerprint density at radius 3 is 2.88 bits per heavy atom. The van der Waals surface area contributed by atoms with Gasteiger partial charge in [0, 0.05) is 26.3 Å². The largest absolute Gasteiger partial charge is 0.354 e. The SMILES string of the molecule is Cc1ccc(CC(=O)N(C)C2CCN(c3ncnc4[nH]ccc34)C2)cc1. The molecule has 134 valence electrons. The summed E-state index contributed by atoms with van der Waals surface area (Å²) in [4.78, 5) is 28.7. The van der Waals surface area contributed by atoms with E-state index in [4.69, 9.17) is 0 Å². The number of amides is 1. The van der Waals surface area contributed by atoms with Crippen molar-refractivity contribution < 1.29 is 4.79 Å². The Morgan fingerprint density at radius 2 is 2.08 bits per heavy atom. The van der Waals surface area contributed by atoms with Crippen molar-refractivity contribution in [1.82, 2.24) is 19.9 Å². The van der Waals surface area contributed by atoms with Crippen molar-refractivity contribution in [2.75, 3.05) is 25.0 Å². The van der Waals surface area contributed by atoms with Crippen molar-refractivity contribution in [2.24, 2.45) is 0 Å². The van der Waals surface area contributed by atoms with Crippen LogP contribution < -0.4 is 4.90 Å². The molecule has 1 atom stereocenters. The van der Waals surface area contributed by atoms with E-state index in [9.17, 15) is 4.79 Å². The van der Waals surface area contributed by atoms with Gasteiger partial charge in [-0.05, 0) is 25.0 Å². The summed E-state index contributed by atoms with van der Waals surface area (Å²) in [5.74, 6) is 1.10. The van der Waals surface area contributed by atoms with Gasteiger partial charge in [0.1, 0.15) is 17.8 Å². The van der Waals surface area contributed by atoms with Crippen LogP contribution in [0.2, 0.25) is 0 Å². The minimum absolute atomic E-state index is 0.162. The first-order chi connectivity index (χ1) is 12.6. The van der Waals surface area contributed by atoms with E-state index in [1.165, 1.54) is 5.56 Å². The molecule has 1 unspecified atom stereocenters. The summed E-state index contributed by atoms with van der Waals surface area (Å²) in [6.07, 6.45) is 4.87. The summed E-state index contributed by atoms with van der Waals surface area (Å²) in [6.45, 7) is 3.75. The summed E-state index contributed by atoms with van der Waals surface area (Å²) in [6, 6.07) is 10.4. The maximum absolute atomic E-state index is 12.7. The lowest BCUT2D eigenvalue weighted by Crippen LogP contribution is -2.40. The number of aromatic nitrogens is 3. The number of carbonyl (C=O) groups is 1. The van der Waals surface area contributed by atoms with E-state index in [0.717, 1.165) is 41.9 Å². The molecule has 1 amide bonds. The molecule has 6 heteroatoms. The van der Waals surface area contributed by atoms with Crippen LogP contribution >= 0.6 is 0 Å². The number of carbonyl (C=O) groups excluding carboxylic acids is 1. The van der Waals surface area contributed by atoms with Crippen molar-refractivity contribution in [3.63, 3.8) is 0 Å². The van der Waals surface area contributed by atoms with Crippen LogP contribution in [0.3, 0.4) is 0 Å². The fraction of sp³-hybridized carbons (Fsp3) is 0.350. The Balaban J connectivity index is 1.43. The molecular formula is C20H23N5O. The van der Waals surface area contributed by atoms with Crippen LogP contribution in [0.15, 0.2) is 42.9 Å². The predicted molar refractivity (Wildman–Crippen MR) is 102 cm³/mol. The minimum atomic E-state index is 0.162. The van der Waals surface area contributed by atoms with Crippen LogP contribution in [0.25, 0.3) is 11.0 Å². The van der Waals surface area contributed by atoms with Crippen LogP contribution in [0, 0.1) is 6.92 Å². The third-order valence-corrected chi connectivity index (χ3v) is 5.21. The molecule has 0 bridgehead atoms. The number of likely N-dealkylation sites (N-methyl/N-ethyl adjacent to an activating group) is 1. The number of H-pyrrole nitrogens is 1. The van der Waals surface area contributed by atoms with Crippen molar-refractivity contribution in [1.29, 1.82) is 0 Å². The molecule has 26 heavy (non-hydrogen) atoms. The summed E-state index contributed by atoms with van der Waals surface area (Å²) in [7, 11) is 1.91. The summed E-state index contributed by atoms with van der Waals surface area (Å²) < 4.78 is 0. The second-order valence-electron chi connectivity index (χ2n) is 6.99. The number of anilines is 1. The number of benzene rings is 1. The van der Waals surface area contributed by atoms with Crippen LogP contribution in [-0.4, -0.2) is 51.9 Å². The maximum Gasteiger partial charge on any atom is 0.227 e.